The maximum Gasteiger partial charge on any atom is 0.317 e. The predicted molar refractivity (Wildman–Crippen MR) is 70.2 cm³/mol. The van der Waals surface area contributed by atoms with E-state index in [9.17, 15) is 9.90 Å². The number of benzene rings is 1. The highest BCUT2D eigenvalue weighted by Gasteiger charge is 2.21. The van der Waals surface area contributed by atoms with Gasteiger partial charge in [-0.2, -0.15) is 0 Å². The Balaban J connectivity index is 1.54. The summed E-state index contributed by atoms with van der Waals surface area (Å²) >= 11 is 0. The molecule has 0 aromatic heterocycles. The van der Waals surface area contributed by atoms with Crippen molar-refractivity contribution in [1.29, 1.82) is 0 Å². The summed E-state index contributed by atoms with van der Waals surface area (Å²) in [6.07, 6.45) is 1.38. The van der Waals surface area contributed by atoms with E-state index in [4.69, 9.17) is 4.74 Å². The van der Waals surface area contributed by atoms with E-state index in [0.29, 0.717) is 13.2 Å². The van der Waals surface area contributed by atoms with Crippen LogP contribution in [-0.2, 0) is 6.42 Å². The summed E-state index contributed by atoms with van der Waals surface area (Å²) in [7, 11) is 0. The summed E-state index contributed by atoms with van der Waals surface area (Å²) in [5, 5.41) is 12.5. The fraction of sp³-hybridized carbons (Fsp3) is 0.500. The van der Waals surface area contributed by atoms with Gasteiger partial charge in [0.05, 0.1) is 12.6 Å². The Kier molecular flexibility index (Phi) is 3.29. The van der Waals surface area contributed by atoms with Crippen LogP contribution in [0.2, 0.25) is 0 Å². The molecule has 3 rings (SSSR count). The zero-order valence-electron chi connectivity index (χ0n) is 10.8. The lowest BCUT2D eigenvalue weighted by molar-refractivity contribution is 0.180. The van der Waals surface area contributed by atoms with Gasteiger partial charge in [-0.05, 0) is 36.1 Å². The summed E-state index contributed by atoms with van der Waals surface area (Å²) in [4.78, 5) is 13.1. The molecule has 0 radical (unpaired) electrons. The van der Waals surface area contributed by atoms with E-state index >= 15 is 0 Å². The molecule has 1 fully saturated rings. The number of hydrogen-bond acceptors (Lipinski definition) is 3. The minimum atomic E-state index is -0.322. The molecule has 1 saturated heterocycles. The number of fused-ring (bicyclic) bond motifs is 1. The smallest absolute Gasteiger partial charge is 0.317 e. The summed E-state index contributed by atoms with van der Waals surface area (Å²) in [6, 6.07) is 5.80. The zero-order chi connectivity index (χ0) is 13.2. The molecule has 0 unspecified atom stereocenters. The van der Waals surface area contributed by atoms with Crippen LogP contribution >= 0.6 is 0 Å². The molecule has 2 N–H and O–H groups in total. The molecule has 1 heterocycles. The molecule has 1 aromatic rings. The first kappa shape index (κ1) is 12.3. The lowest BCUT2D eigenvalue weighted by atomic mass is 10.1. The number of ether oxygens (including phenoxy) is 1. The van der Waals surface area contributed by atoms with Gasteiger partial charge in [-0.25, -0.2) is 4.79 Å². The first-order valence-corrected chi connectivity index (χ1v) is 6.70. The largest absolute Gasteiger partial charge is 0.492 e. The summed E-state index contributed by atoms with van der Waals surface area (Å²) in [5.41, 5.74) is 2.19. The molecule has 0 bridgehead atoms. The number of carbonyl (C=O) groups excluding carboxylic acids is 1. The van der Waals surface area contributed by atoms with Crippen LogP contribution in [0.4, 0.5) is 4.79 Å². The Labute approximate surface area is 112 Å². The third-order valence-corrected chi connectivity index (χ3v) is 3.74. The van der Waals surface area contributed by atoms with Crippen LogP contribution in [0.25, 0.3) is 0 Å². The topological polar surface area (TPSA) is 61.8 Å². The first-order valence-electron chi connectivity index (χ1n) is 6.70. The van der Waals surface area contributed by atoms with E-state index in [2.05, 4.69) is 5.32 Å². The van der Waals surface area contributed by atoms with Gasteiger partial charge in [0.1, 0.15) is 12.4 Å². The molecule has 1 atom stereocenters. The third kappa shape index (κ3) is 2.51. The maximum atomic E-state index is 11.3. The molecule has 102 valence electrons. The molecular formula is C14H18N2O3. The molecule has 5 nitrogen and oxygen atoms in total. The summed E-state index contributed by atoms with van der Waals surface area (Å²) in [6.45, 7) is 2.56. The van der Waals surface area contributed by atoms with Crippen LogP contribution in [-0.4, -0.2) is 42.3 Å². The minimum absolute atomic E-state index is 0.0133. The summed E-state index contributed by atoms with van der Waals surface area (Å²) in [5.74, 6) is 0.812. The SMILES string of the molecule is O=C1NCCN1CCOc1ccc2c(c1)CC[C@H]2O. The molecule has 1 aliphatic carbocycles. The molecular weight excluding hydrogens is 244 g/mol. The quantitative estimate of drug-likeness (QED) is 0.853. The van der Waals surface area contributed by atoms with Crippen molar-refractivity contribution < 1.29 is 14.6 Å². The van der Waals surface area contributed by atoms with E-state index in [-0.39, 0.29) is 12.1 Å². The van der Waals surface area contributed by atoms with Crippen LogP contribution in [0.3, 0.4) is 0 Å². The number of aliphatic hydroxyl groups is 1. The second-order valence-electron chi connectivity index (χ2n) is 4.98. The van der Waals surface area contributed by atoms with E-state index in [1.807, 2.05) is 18.2 Å². The van der Waals surface area contributed by atoms with Gasteiger partial charge in [-0.15, -0.1) is 0 Å². The monoisotopic (exact) mass is 262 g/mol. The standard InChI is InChI=1S/C14H18N2O3/c17-13-4-1-10-9-11(2-3-12(10)13)19-8-7-16-6-5-15-14(16)18/h2-3,9,13,17H,1,4-8H2,(H,15,18)/t13-/m1/s1. The second-order valence-corrected chi connectivity index (χ2v) is 4.98. The van der Waals surface area contributed by atoms with Gasteiger partial charge in [0.2, 0.25) is 0 Å². The van der Waals surface area contributed by atoms with Gasteiger partial charge in [0.15, 0.2) is 0 Å². The first-order chi connectivity index (χ1) is 9.24. The molecule has 1 aliphatic heterocycles. The maximum absolute atomic E-state index is 11.3. The van der Waals surface area contributed by atoms with Crippen molar-refractivity contribution in [2.75, 3.05) is 26.2 Å². The van der Waals surface area contributed by atoms with Crippen molar-refractivity contribution >= 4 is 6.03 Å². The van der Waals surface area contributed by atoms with Crippen LogP contribution in [0.15, 0.2) is 18.2 Å². The van der Waals surface area contributed by atoms with Crippen LogP contribution < -0.4 is 10.1 Å². The molecule has 2 amide bonds. The Hall–Kier alpha value is -1.75. The number of aliphatic hydroxyl groups excluding tert-OH is 1. The Morgan fingerprint density at radius 2 is 2.37 bits per heavy atom. The van der Waals surface area contributed by atoms with Crippen LogP contribution in [0.1, 0.15) is 23.7 Å². The Morgan fingerprint density at radius 1 is 1.47 bits per heavy atom. The van der Waals surface area contributed by atoms with Gasteiger partial charge in [-0.3, -0.25) is 0 Å². The van der Waals surface area contributed by atoms with Crippen LogP contribution in [0.5, 0.6) is 5.75 Å². The van der Waals surface area contributed by atoms with Gasteiger partial charge >= 0.3 is 6.03 Å². The molecule has 1 aromatic carbocycles. The fourth-order valence-electron chi connectivity index (χ4n) is 2.66. The lowest BCUT2D eigenvalue weighted by Crippen LogP contribution is -2.31. The third-order valence-electron chi connectivity index (χ3n) is 3.74. The number of hydrogen-bond donors (Lipinski definition) is 2. The fourth-order valence-corrected chi connectivity index (χ4v) is 2.66. The van der Waals surface area contributed by atoms with Gasteiger partial charge in [0, 0.05) is 13.1 Å². The van der Waals surface area contributed by atoms with E-state index in [1.165, 1.54) is 5.56 Å². The van der Waals surface area contributed by atoms with E-state index in [0.717, 1.165) is 37.2 Å². The number of nitrogens with zero attached hydrogens (tertiary/aromatic N) is 1. The molecule has 0 saturated carbocycles. The molecule has 19 heavy (non-hydrogen) atoms. The number of carbonyl (C=O) groups is 1. The van der Waals surface area contributed by atoms with Crippen LogP contribution in [0, 0.1) is 0 Å². The molecule has 2 aliphatic rings. The van der Waals surface area contributed by atoms with Crippen molar-refractivity contribution in [2.24, 2.45) is 0 Å². The molecule has 0 spiro atoms. The van der Waals surface area contributed by atoms with Crippen molar-refractivity contribution in [3.05, 3.63) is 29.3 Å². The van der Waals surface area contributed by atoms with Gasteiger partial charge in [0.25, 0.3) is 0 Å². The highest BCUT2D eigenvalue weighted by molar-refractivity contribution is 5.76. The number of rotatable bonds is 4. The second kappa shape index (κ2) is 5.09. The van der Waals surface area contributed by atoms with Crippen molar-refractivity contribution in [2.45, 2.75) is 18.9 Å². The minimum Gasteiger partial charge on any atom is -0.492 e. The van der Waals surface area contributed by atoms with E-state index in [1.54, 1.807) is 4.90 Å². The number of urea groups is 1. The van der Waals surface area contributed by atoms with E-state index < -0.39 is 0 Å². The normalized spacial score (nSPS) is 21.4. The zero-order valence-corrected chi connectivity index (χ0v) is 10.8. The average molecular weight is 262 g/mol. The number of nitrogens with one attached hydrogen (secondary N) is 1. The highest BCUT2D eigenvalue weighted by atomic mass is 16.5. The Morgan fingerprint density at radius 3 is 3.16 bits per heavy atom. The Bertz CT molecular complexity index is 490. The summed E-state index contributed by atoms with van der Waals surface area (Å²) < 4.78 is 5.67. The highest BCUT2D eigenvalue weighted by Crippen LogP contribution is 2.33. The number of amides is 2. The number of aryl methyl sites for hydroxylation is 1. The molecule has 5 heteroatoms. The van der Waals surface area contributed by atoms with Gasteiger partial charge < -0.3 is 20.1 Å². The predicted octanol–water partition coefficient (Wildman–Crippen LogP) is 1.07. The van der Waals surface area contributed by atoms with Crippen molar-refractivity contribution in [3.8, 4) is 5.75 Å². The lowest BCUT2D eigenvalue weighted by Gasteiger charge is -2.15. The van der Waals surface area contributed by atoms with Crippen molar-refractivity contribution in [1.82, 2.24) is 10.2 Å². The average Bonchev–Trinajstić information content (AvgIpc) is 2.97. The van der Waals surface area contributed by atoms with Gasteiger partial charge in [-0.1, -0.05) is 6.07 Å². The van der Waals surface area contributed by atoms with Crippen molar-refractivity contribution in [3.63, 3.8) is 0 Å².